The lowest BCUT2D eigenvalue weighted by atomic mass is 10.1. The molecule has 1 N–H and O–H groups in total. The van der Waals surface area contributed by atoms with E-state index in [-0.39, 0.29) is 6.61 Å². The van der Waals surface area contributed by atoms with E-state index in [0.29, 0.717) is 6.61 Å². The Morgan fingerprint density at radius 2 is 1.86 bits per heavy atom. The number of aliphatic hydroxyl groups excluding tert-OH is 1. The average Bonchev–Trinajstić information content (AvgIpc) is 3.08. The van der Waals surface area contributed by atoms with Crippen LogP contribution < -0.4 is 4.74 Å². The zero-order valence-corrected chi connectivity index (χ0v) is 11.5. The molecule has 4 nitrogen and oxygen atoms in total. The standard InChI is InChI=1S/C17H16N2O2/c20-11-14-4-6-15(7-5-14)12-21-17-3-1-2-16(10-17)19-9-8-18-13-19/h1-10,13,20H,11-12H2. The van der Waals surface area contributed by atoms with Crippen LogP contribution in [0.5, 0.6) is 5.75 Å². The van der Waals surface area contributed by atoms with E-state index in [1.807, 2.05) is 59.3 Å². The van der Waals surface area contributed by atoms with Crippen LogP contribution in [0.1, 0.15) is 11.1 Å². The summed E-state index contributed by atoms with van der Waals surface area (Å²) in [4.78, 5) is 4.04. The number of nitrogens with zero attached hydrogens (tertiary/aromatic N) is 2. The summed E-state index contributed by atoms with van der Waals surface area (Å²) in [7, 11) is 0. The van der Waals surface area contributed by atoms with E-state index in [1.54, 1.807) is 12.5 Å². The van der Waals surface area contributed by atoms with Crippen molar-refractivity contribution in [2.45, 2.75) is 13.2 Å². The zero-order chi connectivity index (χ0) is 14.5. The molecule has 2 aromatic carbocycles. The maximum Gasteiger partial charge on any atom is 0.121 e. The van der Waals surface area contributed by atoms with Gasteiger partial charge >= 0.3 is 0 Å². The molecule has 21 heavy (non-hydrogen) atoms. The lowest BCUT2D eigenvalue weighted by Gasteiger charge is -2.09. The molecule has 3 aromatic rings. The molecule has 0 bridgehead atoms. The predicted molar refractivity (Wildman–Crippen MR) is 80.3 cm³/mol. The van der Waals surface area contributed by atoms with Gasteiger partial charge in [0.1, 0.15) is 12.4 Å². The molecule has 0 saturated carbocycles. The fraction of sp³-hybridized carbons (Fsp3) is 0.118. The first kappa shape index (κ1) is 13.4. The van der Waals surface area contributed by atoms with Gasteiger partial charge in [-0.2, -0.15) is 0 Å². The van der Waals surface area contributed by atoms with E-state index in [2.05, 4.69) is 4.98 Å². The van der Waals surface area contributed by atoms with Crippen LogP contribution in [0, 0.1) is 0 Å². The number of hydrogen-bond donors (Lipinski definition) is 1. The Balaban J connectivity index is 1.68. The average molecular weight is 280 g/mol. The number of rotatable bonds is 5. The molecule has 0 aliphatic rings. The number of aromatic nitrogens is 2. The Labute approximate surface area is 123 Å². The first-order valence-corrected chi connectivity index (χ1v) is 6.75. The topological polar surface area (TPSA) is 47.3 Å². The van der Waals surface area contributed by atoms with Crippen LogP contribution in [0.3, 0.4) is 0 Å². The Morgan fingerprint density at radius 1 is 1.05 bits per heavy atom. The van der Waals surface area contributed by atoms with E-state index in [4.69, 9.17) is 9.84 Å². The van der Waals surface area contributed by atoms with E-state index < -0.39 is 0 Å². The van der Waals surface area contributed by atoms with Gasteiger partial charge in [0.2, 0.25) is 0 Å². The van der Waals surface area contributed by atoms with Crippen molar-refractivity contribution in [3.05, 3.63) is 78.4 Å². The highest BCUT2D eigenvalue weighted by Crippen LogP contribution is 2.18. The van der Waals surface area contributed by atoms with Gasteiger partial charge in [0.25, 0.3) is 0 Å². The van der Waals surface area contributed by atoms with E-state index in [0.717, 1.165) is 22.6 Å². The Morgan fingerprint density at radius 3 is 2.57 bits per heavy atom. The van der Waals surface area contributed by atoms with Crippen molar-refractivity contribution in [1.82, 2.24) is 9.55 Å². The molecule has 0 aliphatic carbocycles. The maximum atomic E-state index is 9.02. The molecule has 1 aromatic heterocycles. The second-order valence-corrected chi connectivity index (χ2v) is 4.73. The quantitative estimate of drug-likeness (QED) is 0.781. The summed E-state index contributed by atoms with van der Waals surface area (Å²) in [5.74, 6) is 0.812. The third kappa shape index (κ3) is 3.30. The molecule has 0 amide bonds. The van der Waals surface area contributed by atoms with Gasteiger partial charge in [0, 0.05) is 18.5 Å². The Bertz CT molecular complexity index is 691. The van der Waals surface area contributed by atoms with Gasteiger partial charge in [-0.05, 0) is 23.3 Å². The summed E-state index contributed by atoms with van der Waals surface area (Å²) in [5.41, 5.74) is 2.99. The highest BCUT2D eigenvalue weighted by molar-refractivity contribution is 5.39. The van der Waals surface area contributed by atoms with Crippen LogP contribution in [0.15, 0.2) is 67.3 Å². The molecule has 4 heteroatoms. The van der Waals surface area contributed by atoms with Crippen molar-refractivity contribution in [1.29, 1.82) is 0 Å². The monoisotopic (exact) mass is 280 g/mol. The normalized spacial score (nSPS) is 10.5. The minimum Gasteiger partial charge on any atom is -0.489 e. The van der Waals surface area contributed by atoms with Crippen molar-refractivity contribution in [3.63, 3.8) is 0 Å². The summed E-state index contributed by atoms with van der Waals surface area (Å²) in [6.07, 6.45) is 5.40. The van der Waals surface area contributed by atoms with Crippen LogP contribution in [-0.4, -0.2) is 14.7 Å². The zero-order valence-electron chi connectivity index (χ0n) is 11.5. The first-order chi connectivity index (χ1) is 10.3. The fourth-order valence-corrected chi connectivity index (χ4v) is 2.05. The first-order valence-electron chi connectivity index (χ1n) is 6.75. The SMILES string of the molecule is OCc1ccc(COc2cccc(-n3ccnc3)c2)cc1. The van der Waals surface area contributed by atoms with Gasteiger partial charge in [0.05, 0.1) is 18.6 Å². The van der Waals surface area contributed by atoms with Gasteiger partial charge in [-0.3, -0.25) is 0 Å². The van der Waals surface area contributed by atoms with E-state index in [1.165, 1.54) is 0 Å². The Hall–Kier alpha value is -2.59. The van der Waals surface area contributed by atoms with E-state index in [9.17, 15) is 0 Å². The lowest BCUT2D eigenvalue weighted by Crippen LogP contribution is -1.97. The van der Waals surface area contributed by atoms with Crippen molar-refractivity contribution in [3.8, 4) is 11.4 Å². The highest BCUT2D eigenvalue weighted by Gasteiger charge is 2.00. The molecule has 0 saturated heterocycles. The predicted octanol–water partition coefficient (Wildman–Crippen LogP) is 2.94. The van der Waals surface area contributed by atoms with Gasteiger partial charge in [-0.15, -0.1) is 0 Å². The third-order valence-corrected chi connectivity index (χ3v) is 3.23. The number of aliphatic hydroxyl groups is 1. The molecule has 0 fully saturated rings. The summed E-state index contributed by atoms with van der Waals surface area (Å²) in [6, 6.07) is 15.6. The summed E-state index contributed by atoms with van der Waals surface area (Å²) < 4.78 is 7.74. The summed E-state index contributed by atoms with van der Waals surface area (Å²) in [6.45, 7) is 0.563. The van der Waals surface area contributed by atoms with Gasteiger partial charge in [-0.1, -0.05) is 30.3 Å². The van der Waals surface area contributed by atoms with Gasteiger partial charge < -0.3 is 14.4 Å². The molecule has 0 atom stereocenters. The summed E-state index contributed by atoms with van der Waals surface area (Å²) >= 11 is 0. The lowest BCUT2D eigenvalue weighted by molar-refractivity contribution is 0.281. The molecule has 0 unspecified atom stereocenters. The van der Waals surface area contributed by atoms with E-state index >= 15 is 0 Å². The maximum absolute atomic E-state index is 9.02. The fourth-order valence-electron chi connectivity index (χ4n) is 2.05. The molecule has 0 spiro atoms. The molecular formula is C17H16N2O2. The molecule has 1 heterocycles. The van der Waals surface area contributed by atoms with Gasteiger partial charge in [0.15, 0.2) is 0 Å². The molecule has 3 rings (SSSR count). The van der Waals surface area contributed by atoms with Gasteiger partial charge in [-0.25, -0.2) is 4.98 Å². The van der Waals surface area contributed by atoms with Crippen LogP contribution >= 0.6 is 0 Å². The molecular weight excluding hydrogens is 264 g/mol. The molecule has 0 radical (unpaired) electrons. The number of imidazole rings is 1. The van der Waals surface area contributed by atoms with Crippen molar-refractivity contribution in [2.75, 3.05) is 0 Å². The van der Waals surface area contributed by atoms with Crippen LogP contribution in [0.2, 0.25) is 0 Å². The molecule has 106 valence electrons. The van der Waals surface area contributed by atoms with Crippen LogP contribution in [0.4, 0.5) is 0 Å². The highest BCUT2D eigenvalue weighted by atomic mass is 16.5. The second kappa shape index (κ2) is 6.24. The van der Waals surface area contributed by atoms with Crippen molar-refractivity contribution < 1.29 is 9.84 Å². The summed E-state index contributed by atoms with van der Waals surface area (Å²) in [5, 5.41) is 9.02. The number of hydrogen-bond acceptors (Lipinski definition) is 3. The minimum absolute atomic E-state index is 0.0636. The molecule has 0 aliphatic heterocycles. The largest absolute Gasteiger partial charge is 0.489 e. The van der Waals surface area contributed by atoms with Crippen molar-refractivity contribution in [2.24, 2.45) is 0 Å². The van der Waals surface area contributed by atoms with Crippen LogP contribution in [0.25, 0.3) is 5.69 Å². The Kier molecular flexibility index (Phi) is 3.98. The van der Waals surface area contributed by atoms with Crippen molar-refractivity contribution >= 4 is 0 Å². The smallest absolute Gasteiger partial charge is 0.121 e. The minimum atomic E-state index is 0.0636. The second-order valence-electron chi connectivity index (χ2n) is 4.73. The number of ether oxygens (including phenoxy) is 1. The van der Waals surface area contributed by atoms with Crippen LogP contribution in [-0.2, 0) is 13.2 Å². The number of benzene rings is 2. The third-order valence-electron chi connectivity index (χ3n) is 3.23.